The third kappa shape index (κ3) is 8.14. The van der Waals surface area contributed by atoms with Crippen LogP contribution < -0.4 is 0 Å². The SMILES string of the molecule is CC(=O)OCP(Cl)(COC(C)=O)(COC(C)=O)COC(C)=O. The molecule has 10 heteroatoms. The van der Waals surface area contributed by atoms with E-state index in [9.17, 15) is 19.2 Å². The molecular weight excluding hydrogens is 339 g/mol. The molecule has 0 aliphatic carbocycles. The van der Waals surface area contributed by atoms with E-state index in [-0.39, 0.29) is 25.4 Å². The van der Waals surface area contributed by atoms with E-state index >= 15 is 0 Å². The fourth-order valence-corrected chi connectivity index (χ4v) is 4.28. The van der Waals surface area contributed by atoms with Gasteiger partial charge in [0.2, 0.25) is 0 Å². The van der Waals surface area contributed by atoms with Crippen LogP contribution >= 0.6 is 17.2 Å². The predicted molar refractivity (Wildman–Crippen MR) is 79.3 cm³/mol. The van der Waals surface area contributed by atoms with Crippen molar-refractivity contribution in [2.24, 2.45) is 0 Å². The van der Waals surface area contributed by atoms with Crippen LogP contribution in [0.1, 0.15) is 27.7 Å². The van der Waals surface area contributed by atoms with Crippen LogP contribution in [-0.4, -0.2) is 49.3 Å². The molecule has 0 unspecified atom stereocenters. The van der Waals surface area contributed by atoms with Gasteiger partial charge >= 0.3 is 132 Å². The number of esters is 4. The fraction of sp³-hybridized carbons (Fsp3) is 0.667. The molecule has 0 radical (unpaired) electrons. The van der Waals surface area contributed by atoms with Crippen LogP contribution in [0.15, 0.2) is 0 Å². The van der Waals surface area contributed by atoms with Crippen LogP contribution in [0.5, 0.6) is 0 Å². The van der Waals surface area contributed by atoms with Crippen molar-refractivity contribution in [3.8, 4) is 0 Å². The molecule has 0 saturated heterocycles. The second-order valence-electron chi connectivity index (χ2n) is 4.88. The average molecular weight is 359 g/mol. The minimum atomic E-state index is -3.84. The van der Waals surface area contributed by atoms with Gasteiger partial charge in [0.15, 0.2) is 0 Å². The van der Waals surface area contributed by atoms with E-state index in [1.165, 1.54) is 27.7 Å². The first kappa shape index (κ1) is 20.6. The summed E-state index contributed by atoms with van der Waals surface area (Å²) in [6.45, 7) is 4.67. The molecule has 0 amide bonds. The predicted octanol–water partition coefficient (Wildman–Crippen LogP) is 1.78. The van der Waals surface area contributed by atoms with Crippen molar-refractivity contribution in [1.82, 2.24) is 0 Å². The van der Waals surface area contributed by atoms with Crippen molar-refractivity contribution in [1.29, 1.82) is 0 Å². The molecule has 0 bridgehead atoms. The third-order valence-electron chi connectivity index (χ3n) is 2.36. The zero-order valence-corrected chi connectivity index (χ0v) is 14.6. The van der Waals surface area contributed by atoms with Gasteiger partial charge in [-0.25, -0.2) is 0 Å². The van der Waals surface area contributed by atoms with Crippen LogP contribution in [0.25, 0.3) is 0 Å². The first-order chi connectivity index (χ1) is 9.96. The summed E-state index contributed by atoms with van der Waals surface area (Å²) in [5.74, 6) is -6.32. The Hall–Kier alpha value is -1.40. The summed E-state index contributed by atoms with van der Waals surface area (Å²) in [6.07, 6.45) is -1.46. The Labute approximate surface area is 133 Å². The summed E-state index contributed by atoms with van der Waals surface area (Å²) < 4.78 is 19.7. The zero-order valence-electron chi connectivity index (χ0n) is 12.9. The van der Waals surface area contributed by atoms with Gasteiger partial charge in [0, 0.05) is 0 Å². The normalized spacial score (nSPS) is 12.5. The molecule has 0 rings (SSSR count). The van der Waals surface area contributed by atoms with Crippen molar-refractivity contribution in [2.75, 3.05) is 25.4 Å². The first-order valence-electron chi connectivity index (χ1n) is 6.22. The van der Waals surface area contributed by atoms with Crippen molar-refractivity contribution in [3.05, 3.63) is 0 Å². The topological polar surface area (TPSA) is 105 Å². The van der Waals surface area contributed by atoms with Gasteiger partial charge in [0.1, 0.15) is 0 Å². The Bertz CT molecular complexity index is 381. The molecule has 0 spiro atoms. The Balaban J connectivity index is 5.41. The molecule has 0 aromatic heterocycles. The molecule has 0 aromatic carbocycles. The van der Waals surface area contributed by atoms with Gasteiger partial charge in [-0.3, -0.25) is 0 Å². The molecular formula is C12H20ClO8P. The van der Waals surface area contributed by atoms with E-state index in [0.29, 0.717) is 0 Å². The summed E-state index contributed by atoms with van der Waals surface area (Å²) in [6, 6.07) is 0. The van der Waals surface area contributed by atoms with Gasteiger partial charge in [0.05, 0.1) is 0 Å². The van der Waals surface area contributed by atoms with Crippen molar-refractivity contribution in [3.63, 3.8) is 0 Å². The maximum absolute atomic E-state index is 11.1. The molecule has 0 fully saturated rings. The van der Waals surface area contributed by atoms with Gasteiger partial charge in [-0.15, -0.1) is 0 Å². The summed E-state index contributed by atoms with van der Waals surface area (Å²) >= 11 is 6.60. The summed E-state index contributed by atoms with van der Waals surface area (Å²) in [5, 5.41) is 0. The summed E-state index contributed by atoms with van der Waals surface area (Å²) in [7, 11) is 0. The molecule has 8 nitrogen and oxygen atoms in total. The summed E-state index contributed by atoms with van der Waals surface area (Å²) in [5.41, 5.74) is 0. The Morgan fingerprint density at radius 1 is 0.636 bits per heavy atom. The Morgan fingerprint density at radius 3 is 0.955 bits per heavy atom. The van der Waals surface area contributed by atoms with Crippen molar-refractivity contribution < 1.29 is 38.1 Å². The van der Waals surface area contributed by atoms with Gasteiger partial charge in [-0.2, -0.15) is 0 Å². The number of hydrogen-bond acceptors (Lipinski definition) is 8. The number of carbonyl (C=O) groups excluding carboxylic acids is 4. The van der Waals surface area contributed by atoms with Crippen LogP contribution in [0.3, 0.4) is 0 Å². The van der Waals surface area contributed by atoms with Gasteiger partial charge in [-0.05, 0) is 0 Å². The molecule has 0 atom stereocenters. The second-order valence-corrected chi connectivity index (χ2v) is 12.4. The van der Waals surface area contributed by atoms with Crippen molar-refractivity contribution >= 4 is 41.1 Å². The van der Waals surface area contributed by atoms with Crippen molar-refractivity contribution in [2.45, 2.75) is 27.7 Å². The summed E-state index contributed by atoms with van der Waals surface area (Å²) in [4.78, 5) is 44.3. The minimum absolute atomic E-state index is 0.365. The van der Waals surface area contributed by atoms with Crippen LogP contribution in [-0.2, 0) is 38.1 Å². The van der Waals surface area contributed by atoms with E-state index in [2.05, 4.69) is 0 Å². The molecule has 0 aliphatic rings. The average Bonchev–Trinajstić information content (AvgIpc) is 2.40. The number of ether oxygens (including phenoxy) is 4. The molecule has 0 N–H and O–H groups in total. The fourth-order valence-electron chi connectivity index (χ4n) is 1.23. The molecule has 128 valence electrons. The number of rotatable bonds is 8. The van der Waals surface area contributed by atoms with E-state index in [4.69, 9.17) is 30.2 Å². The monoisotopic (exact) mass is 358 g/mol. The number of halogens is 1. The van der Waals surface area contributed by atoms with Crippen LogP contribution in [0.4, 0.5) is 0 Å². The van der Waals surface area contributed by atoms with Gasteiger partial charge in [0.25, 0.3) is 0 Å². The molecule has 0 aromatic rings. The van der Waals surface area contributed by atoms with Crippen LogP contribution in [0.2, 0.25) is 0 Å². The van der Waals surface area contributed by atoms with E-state index in [1.807, 2.05) is 0 Å². The maximum atomic E-state index is 11.1. The number of hydrogen-bond donors (Lipinski definition) is 0. The van der Waals surface area contributed by atoms with Crippen LogP contribution in [0, 0.1) is 0 Å². The molecule has 0 aliphatic heterocycles. The second kappa shape index (κ2) is 8.29. The zero-order chi connectivity index (χ0) is 17.4. The Morgan fingerprint density at radius 2 is 0.818 bits per heavy atom. The quantitative estimate of drug-likeness (QED) is 0.367. The molecule has 0 saturated carbocycles. The molecule has 22 heavy (non-hydrogen) atoms. The van der Waals surface area contributed by atoms with E-state index in [1.54, 1.807) is 0 Å². The standard InChI is InChI=1S/C12H20ClO8P/c1-9(14)18-5-22(13,6-19-10(2)15,7-20-11(3)16)8-21-12(4)17/h5-8H2,1-4H3. The van der Waals surface area contributed by atoms with E-state index in [0.717, 1.165) is 0 Å². The molecule has 0 heterocycles. The third-order valence-corrected chi connectivity index (χ3v) is 6.63. The van der Waals surface area contributed by atoms with Gasteiger partial charge in [-0.1, -0.05) is 0 Å². The number of carbonyl (C=O) groups is 4. The van der Waals surface area contributed by atoms with Gasteiger partial charge < -0.3 is 0 Å². The first-order valence-corrected chi connectivity index (χ1v) is 10.1. The Kier molecular flexibility index (Phi) is 7.76. The van der Waals surface area contributed by atoms with E-state index < -0.39 is 29.8 Å².